The van der Waals surface area contributed by atoms with Gasteiger partial charge >= 0.3 is 0 Å². The Morgan fingerprint density at radius 2 is 2.00 bits per heavy atom. The molecule has 0 aliphatic rings. The van der Waals surface area contributed by atoms with E-state index in [1.54, 1.807) is 0 Å². The highest BCUT2D eigenvalue weighted by Crippen LogP contribution is 2.14. The van der Waals surface area contributed by atoms with Crippen molar-refractivity contribution in [1.29, 1.82) is 0 Å². The number of hydrogen-bond donors (Lipinski definition) is 1. The molecular formula is C11H22O. The Balaban J connectivity index is 3.70. The summed E-state index contributed by atoms with van der Waals surface area (Å²) in [6, 6.07) is 0. The van der Waals surface area contributed by atoms with E-state index in [0.717, 1.165) is 19.3 Å². The van der Waals surface area contributed by atoms with Crippen molar-refractivity contribution in [2.45, 2.75) is 53.1 Å². The lowest BCUT2D eigenvalue weighted by Gasteiger charge is -2.16. The van der Waals surface area contributed by atoms with Gasteiger partial charge in [0.2, 0.25) is 0 Å². The highest BCUT2D eigenvalue weighted by Gasteiger charge is 2.10. The number of hydrogen-bond acceptors (Lipinski definition) is 1. The summed E-state index contributed by atoms with van der Waals surface area (Å²) in [5.74, 6) is 0.403. The number of allylic oxidation sites excluding steroid dienone is 2. The van der Waals surface area contributed by atoms with Crippen molar-refractivity contribution < 1.29 is 5.11 Å². The van der Waals surface area contributed by atoms with E-state index in [2.05, 4.69) is 33.8 Å². The maximum Gasteiger partial charge on any atom is 0.0568 e. The minimum Gasteiger partial charge on any atom is -0.393 e. The lowest BCUT2D eigenvalue weighted by atomic mass is 9.96. The fraction of sp³-hybridized carbons (Fsp3) is 0.818. The molecule has 12 heavy (non-hydrogen) atoms. The molecular weight excluding hydrogens is 148 g/mol. The molecule has 0 aromatic rings. The summed E-state index contributed by atoms with van der Waals surface area (Å²) in [6.45, 7) is 8.41. The normalized spacial score (nSPS) is 15.4. The molecule has 0 fully saturated rings. The molecule has 1 N–H and O–H groups in total. The highest BCUT2D eigenvalue weighted by molar-refractivity contribution is 4.94. The van der Waals surface area contributed by atoms with Gasteiger partial charge in [0.25, 0.3) is 0 Å². The quantitative estimate of drug-likeness (QED) is 0.628. The van der Waals surface area contributed by atoms with Crippen LogP contribution in [0.3, 0.4) is 0 Å². The van der Waals surface area contributed by atoms with Crippen molar-refractivity contribution in [2.24, 2.45) is 5.92 Å². The summed E-state index contributed by atoms with van der Waals surface area (Å²) in [5.41, 5.74) is 1.34. The first kappa shape index (κ1) is 11.7. The molecule has 0 aromatic carbocycles. The Labute approximate surface area is 76.5 Å². The monoisotopic (exact) mass is 170 g/mol. The van der Waals surface area contributed by atoms with Gasteiger partial charge in [0, 0.05) is 0 Å². The molecule has 0 saturated carbocycles. The van der Waals surface area contributed by atoms with E-state index in [4.69, 9.17) is 0 Å². The van der Waals surface area contributed by atoms with Gasteiger partial charge in [-0.3, -0.25) is 0 Å². The lowest BCUT2D eigenvalue weighted by molar-refractivity contribution is 0.108. The van der Waals surface area contributed by atoms with E-state index >= 15 is 0 Å². The van der Waals surface area contributed by atoms with Gasteiger partial charge in [-0.25, -0.2) is 0 Å². The van der Waals surface area contributed by atoms with Crippen molar-refractivity contribution in [1.82, 2.24) is 0 Å². The standard InChI is InChI=1S/C11H22O/c1-5-6-11(12)10(4)8-7-9(2)3/h7,10-12H,5-6,8H2,1-4H3. The van der Waals surface area contributed by atoms with Crippen LogP contribution in [0.5, 0.6) is 0 Å². The van der Waals surface area contributed by atoms with Gasteiger partial charge in [0.15, 0.2) is 0 Å². The highest BCUT2D eigenvalue weighted by atomic mass is 16.3. The second-order valence-corrected chi connectivity index (χ2v) is 3.85. The van der Waals surface area contributed by atoms with Crippen LogP contribution in [0.25, 0.3) is 0 Å². The van der Waals surface area contributed by atoms with Gasteiger partial charge in [-0.1, -0.05) is 31.9 Å². The van der Waals surface area contributed by atoms with Gasteiger partial charge in [-0.2, -0.15) is 0 Å². The summed E-state index contributed by atoms with van der Waals surface area (Å²) in [6.07, 6.45) is 5.08. The van der Waals surface area contributed by atoms with Crippen LogP contribution in [0, 0.1) is 5.92 Å². The predicted octanol–water partition coefficient (Wildman–Crippen LogP) is 3.14. The van der Waals surface area contributed by atoms with E-state index < -0.39 is 0 Å². The Kier molecular flexibility index (Phi) is 6.09. The molecule has 1 nitrogen and oxygen atoms in total. The van der Waals surface area contributed by atoms with Crippen LogP contribution in [0.15, 0.2) is 11.6 Å². The third-order valence-electron chi connectivity index (χ3n) is 2.14. The summed E-state index contributed by atoms with van der Waals surface area (Å²) in [5, 5.41) is 9.60. The number of aliphatic hydroxyl groups is 1. The fourth-order valence-corrected chi connectivity index (χ4v) is 1.16. The summed E-state index contributed by atoms with van der Waals surface area (Å²) in [4.78, 5) is 0. The van der Waals surface area contributed by atoms with Crippen LogP contribution in [-0.4, -0.2) is 11.2 Å². The Hall–Kier alpha value is -0.300. The van der Waals surface area contributed by atoms with E-state index in [9.17, 15) is 5.11 Å². The summed E-state index contributed by atoms with van der Waals surface area (Å²) < 4.78 is 0. The van der Waals surface area contributed by atoms with Crippen molar-refractivity contribution in [3.8, 4) is 0 Å². The molecule has 0 saturated heterocycles. The molecule has 0 heterocycles. The third-order valence-corrected chi connectivity index (χ3v) is 2.14. The first-order chi connectivity index (χ1) is 5.57. The van der Waals surface area contributed by atoms with Gasteiger partial charge in [0.05, 0.1) is 6.10 Å². The zero-order chi connectivity index (χ0) is 9.56. The fourth-order valence-electron chi connectivity index (χ4n) is 1.16. The number of rotatable bonds is 5. The molecule has 2 unspecified atom stereocenters. The van der Waals surface area contributed by atoms with Gasteiger partial charge in [-0.05, 0) is 32.6 Å². The molecule has 0 bridgehead atoms. The van der Waals surface area contributed by atoms with Crippen LogP contribution < -0.4 is 0 Å². The van der Waals surface area contributed by atoms with Gasteiger partial charge in [-0.15, -0.1) is 0 Å². The topological polar surface area (TPSA) is 20.2 Å². The second kappa shape index (κ2) is 6.24. The Morgan fingerprint density at radius 1 is 1.42 bits per heavy atom. The largest absolute Gasteiger partial charge is 0.393 e. The zero-order valence-corrected chi connectivity index (χ0v) is 8.80. The molecule has 0 aliphatic carbocycles. The number of aliphatic hydroxyl groups excluding tert-OH is 1. The molecule has 0 spiro atoms. The molecule has 72 valence electrons. The zero-order valence-electron chi connectivity index (χ0n) is 8.80. The van der Waals surface area contributed by atoms with Crippen LogP contribution in [0.2, 0.25) is 0 Å². The molecule has 0 amide bonds. The molecule has 0 aromatic heterocycles. The molecule has 0 radical (unpaired) electrons. The molecule has 0 rings (SSSR count). The van der Waals surface area contributed by atoms with Crippen molar-refractivity contribution in [3.05, 3.63) is 11.6 Å². The van der Waals surface area contributed by atoms with Crippen molar-refractivity contribution >= 4 is 0 Å². The minimum atomic E-state index is -0.120. The summed E-state index contributed by atoms with van der Waals surface area (Å²) in [7, 11) is 0. The summed E-state index contributed by atoms with van der Waals surface area (Å²) >= 11 is 0. The second-order valence-electron chi connectivity index (χ2n) is 3.85. The Morgan fingerprint density at radius 3 is 2.42 bits per heavy atom. The molecule has 1 heteroatoms. The first-order valence-corrected chi connectivity index (χ1v) is 4.89. The van der Waals surface area contributed by atoms with E-state index in [0.29, 0.717) is 5.92 Å². The lowest BCUT2D eigenvalue weighted by Crippen LogP contribution is -2.16. The maximum absolute atomic E-state index is 9.60. The average molecular weight is 170 g/mol. The molecule has 0 aliphatic heterocycles. The predicted molar refractivity (Wildman–Crippen MR) is 54.1 cm³/mol. The van der Waals surface area contributed by atoms with Crippen LogP contribution >= 0.6 is 0 Å². The smallest absolute Gasteiger partial charge is 0.0568 e. The van der Waals surface area contributed by atoms with E-state index in [1.165, 1.54) is 5.57 Å². The van der Waals surface area contributed by atoms with Gasteiger partial charge < -0.3 is 5.11 Å². The minimum absolute atomic E-state index is 0.120. The molecule has 2 atom stereocenters. The van der Waals surface area contributed by atoms with Crippen molar-refractivity contribution in [3.63, 3.8) is 0 Å². The van der Waals surface area contributed by atoms with Crippen LogP contribution in [-0.2, 0) is 0 Å². The third kappa shape index (κ3) is 5.36. The Bertz CT molecular complexity index is 134. The SMILES string of the molecule is CCCC(O)C(C)CC=C(C)C. The van der Waals surface area contributed by atoms with E-state index in [1.807, 2.05) is 0 Å². The van der Waals surface area contributed by atoms with Crippen LogP contribution in [0.1, 0.15) is 47.0 Å². The van der Waals surface area contributed by atoms with E-state index in [-0.39, 0.29) is 6.10 Å². The maximum atomic E-state index is 9.60. The first-order valence-electron chi connectivity index (χ1n) is 4.89. The van der Waals surface area contributed by atoms with Gasteiger partial charge in [0.1, 0.15) is 0 Å². The average Bonchev–Trinajstić information content (AvgIpc) is 2.00. The van der Waals surface area contributed by atoms with Crippen molar-refractivity contribution in [2.75, 3.05) is 0 Å². The van der Waals surface area contributed by atoms with Crippen LogP contribution in [0.4, 0.5) is 0 Å².